The summed E-state index contributed by atoms with van der Waals surface area (Å²) in [7, 11) is 0. The Hall–Kier alpha value is -2.93. The molecule has 4 heterocycles. The number of rotatable bonds is 3. The van der Waals surface area contributed by atoms with Gasteiger partial charge in [0, 0.05) is 31.0 Å². The topological polar surface area (TPSA) is 76.2 Å². The maximum absolute atomic E-state index is 12.4. The molecule has 1 unspecified atom stereocenters. The average molecular weight is 377 g/mol. The van der Waals surface area contributed by atoms with Crippen molar-refractivity contribution in [3.8, 4) is 11.3 Å². The van der Waals surface area contributed by atoms with E-state index in [4.69, 9.17) is 0 Å². The van der Waals surface area contributed by atoms with Gasteiger partial charge in [0.1, 0.15) is 6.33 Å². The van der Waals surface area contributed by atoms with E-state index in [1.165, 1.54) is 10.1 Å². The van der Waals surface area contributed by atoms with E-state index in [0.29, 0.717) is 19.0 Å². The van der Waals surface area contributed by atoms with Gasteiger partial charge in [-0.1, -0.05) is 24.3 Å². The van der Waals surface area contributed by atoms with Crippen molar-refractivity contribution in [3.05, 3.63) is 61.1 Å². The number of carbonyl (C=O) groups is 1. The molecule has 3 aromatic rings. The number of aliphatic hydroxyl groups is 1. The summed E-state index contributed by atoms with van der Waals surface area (Å²) in [5, 5.41) is 11.1. The number of fused-ring (bicyclic) bond motifs is 3. The zero-order chi connectivity index (χ0) is 19.1. The lowest BCUT2D eigenvalue weighted by molar-refractivity contribution is 0.0867. The van der Waals surface area contributed by atoms with Crippen molar-refractivity contribution in [2.24, 2.45) is 5.92 Å². The fourth-order valence-corrected chi connectivity index (χ4v) is 4.63. The van der Waals surface area contributed by atoms with Gasteiger partial charge >= 0.3 is 6.03 Å². The summed E-state index contributed by atoms with van der Waals surface area (Å²) in [5.41, 5.74) is 3.39. The number of nitrogens with zero attached hydrogens (tertiary/aromatic N) is 5. The molecule has 0 aliphatic carbocycles. The molecular weight excluding hydrogens is 354 g/mol. The summed E-state index contributed by atoms with van der Waals surface area (Å²) in [6, 6.07) is 8.14. The smallest absolute Gasteiger partial charge is 0.329 e. The van der Waals surface area contributed by atoms with Gasteiger partial charge in [0.25, 0.3) is 0 Å². The van der Waals surface area contributed by atoms with Crippen LogP contribution in [0.25, 0.3) is 11.3 Å². The van der Waals surface area contributed by atoms with Crippen LogP contribution in [0.15, 0.2) is 55.5 Å². The highest BCUT2D eigenvalue weighted by molar-refractivity contribution is 5.76. The minimum absolute atomic E-state index is 0.0238. The molecular formula is C21H23N5O2. The van der Waals surface area contributed by atoms with E-state index in [-0.39, 0.29) is 12.1 Å². The Morgan fingerprint density at radius 1 is 1.18 bits per heavy atom. The maximum atomic E-state index is 12.4. The van der Waals surface area contributed by atoms with Gasteiger partial charge in [-0.3, -0.25) is 4.57 Å². The summed E-state index contributed by atoms with van der Waals surface area (Å²) in [4.78, 5) is 22.5. The number of amides is 1. The molecule has 2 aliphatic heterocycles. The van der Waals surface area contributed by atoms with Gasteiger partial charge in [-0.15, -0.1) is 0 Å². The molecule has 7 nitrogen and oxygen atoms in total. The minimum Gasteiger partial charge on any atom is -0.391 e. The predicted molar refractivity (Wildman–Crippen MR) is 104 cm³/mol. The Bertz CT molecular complexity index is 972. The Labute approximate surface area is 163 Å². The highest BCUT2D eigenvalue weighted by atomic mass is 16.3. The number of aromatic nitrogens is 4. The Morgan fingerprint density at radius 2 is 2.00 bits per heavy atom. The standard InChI is InChI=1S/C21H23N5O2/c27-19(20-17-4-2-1-3-16(17)18-12-23-14-26(18)20)11-15-5-8-24(9-6-15)21(28)25-10-7-22-13-25/h1-4,7,10,12-15,19-20,27H,5-6,8-9,11H2/t19?,20-/m0/s1. The SMILES string of the molecule is O=C(N1CCC(CC(O)[C@@H]2c3ccccc3-c3cncn32)CC1)n1ccnc1. The minimum atomic E-state index is -0.475. The van der Waals surface area contributed by atoms with Crippen molar-refractivity contribution in [2.45, 2.75) is 31.4 Å². The molecule has 2 aromatic heterocycles. The molecule has 2 aliphatic rings. The molecule has 1 saturated heterocycles. The first-order valence-corrected chi connectivity index (χ1v) is 9.79. The molecule has 5 rings (SSSR count). The van der Waals surface area contributed by atoms with E-state index in [0.717, 1.165) is 30.5 Å². The monoisotopic (exact) mass is 377 g/mol. The van der Waals surface area contributed by atoms with Crippen LogP contribution in [0, 0.1) is 5.92 Å². The van der Waals surface area contributed by atoms with Crippen LogP contribution in [0.5, 0.6) is 0 Å². The second-order valence-electron chi connectivity index (χ2n) is 7.70. The number of hydrogen-bond acceptors (Lipinski definition) is 4. The van der Waals surface area contributed by atoms with Crippen LogP contribution >= 0.6 is 0 Å². The fourth-order valence-electron chi connectivity index (χ4n) is 4.63. The molecule has 7 heteroatoms. The third kappa shape index (κ3) is 2.82. The second kappa shape index (κ2) is 6.91. The van der Waals surface area contributed by atoms with Crippen LogP contribution in [-0.2, 0) is 0 Å². The Kier molecular flexibility index (Phi) is 4.24. The number of benzene rings is 1. The molecule has 0 spiro atoms. The first-order valence-electron chi connectivity index (χ1n) is 9.79. The quantitative estimate of drug-likeness (QED) is 0.761. The van der Waals surface area contributed by atoms with E-state index in [2.05, 4.69) is 26.7 Å². The Morgan fingerprint density at radius 3 is 2.79 bits per heavy atom. The van der Waals surface area contributed by atoms with Crippen molar-refractivity contribution < 1.29 is 9.90 Å². The van der Waals surface area contributed by atoms with E-state index >= 15 is 0 Å². The van der Waals surface area contributed by atoms with Gasteiger partial charge in [-0.25, -0.2) is 14.8 Å². The number of hydrogen-bond donors (Lipinski definition) is 1. The van der Waals surface area contributed by atoms with E-state index < -0.39 is 6.10 Å². The van der Waals surface area contributed by atoms with Crippen molar-refractivity contribution in [1.29, 1.82) is 0 Å². The third-order valence-electron chi connectivity index (χ3n) is 6.07. The summed E-state index contributed by atoms with van der Waals surface area (Å²) >= 11 is 0. The molecule has 2 atom stereocenters. The van der Waals surface area contributed by atoms with Crippen LogP contribution < -0.4 is 0 Å². The lowest BCUT2D eigenvalue weighted by atomic mass is 9.87. The van der Waals surface area contributed by atoms with Gasteiger partial charge < -0.3 is 14.6 Å². The molecule has 144 valence electrons. The highest BCUT2D eigenvalue weighted by Crippen LogP contribution is 2.42. The van der Waals surface area contributed by atoms with Crippen LogP contribution in [-0.4, -0.2) is 54.3 Å². The summed E-state index contributed by atoms with van der Waals surface area (Å²) in [5.74, 6) is 0.404. The van der Waals surface area contributed by atoms with Crippen molar-refractivity contribution in [1.82, 2.24) is 24.0 Å². The van der Waals surface area contributed by atoms with Crippen LogP contribution in [0.1, 0.15) is 30.9 Å². The van der Waals surface area contributed by atoms with Crippen molar-refractivity contribution in [3.63, 3.8) is 0 Å². The normalized spacial score (nSPS) is 20.0. The van der Waals surface area contributed by atoms with Gasteiger partial charge in [-0.2, -0.15) is 0 Å². The van der Waals surface area contributed by atoms with E-state index in [1.54, 1.807) is 18.7 Å². The largest absolute Gasteiger partial charge is 0.391 e. The zero-order valence-corrected chi connectivity index (χ0v) is 15.6. The first-order chi connectivity index (χ1) is 13.7. The molecule has 1 fully saturated rings. The average Bonchev–Trinajstić information content (AvgIpc) is 3.45. The molecule has 0 saturated carbocycles. The van der Waals surface area contributed by atoms with Gasteiger partial charge in [-0.05, 0) is 30.7 Å². The van der Waals surface area contributed by atoms with E-state index in [1.807, 2.05) is 29.6 Å². The zero-order valence-electron chi connectivity index (χ0n) is 15.6. The molecule has 28 heavy (non-hydrogen) atoms. The number of likely N-dealkylation sites (tertiary alicyclic amines) is 1. The molecule has 1 N–H and O–H groups in total. The summed E-state index contributed by atoms with van der Waals surface area (Å²) < 4.78 is 3.61. The number of carbonyl (C=O) groups excluding carboxylic acids is 1. The highest BCUT2D eigenvalue weighted by Gasteiger charge is 2.35. The van der Waals surface area contributed by atoms with Crippen molar-refractivity contribution >= 4 is 6.03 Å². The molecule has 1 amide bonds. The van der Waals surface area contributed by atoms with Crippen LogP contribution in [0.3, 0.4) is 0 Å². The van der Waals surface area contributed by atoms with Crippen LogP contribution in [0.2, 0.25) is 0 Å². The second-order valence-corrected chi connectivity index (χ2v) is 7.70. The fraction of sp³-hybridized carbons (Fsp3) is 0.381. The van der Waals surface area contributed by atoms with Crippen LogP contribution in [0.4, 0.5) is 4.79 Å². The van der Waals surface area contributed by atoms with Gasteiger partial charge in [0.2, 0.25) is 0 Å². The maximum Gasteiger partial charge on any atom is 0.329 e. The summed E-state index contributed by atoms with van der Waals surface area (Å²) in [6.07, 6.45) is 10.6. The number of aliphatic hydroxyl groups excluding tert-OH is 1. The van der Waals surface area contributed by atoms with Gasteiger partial charge in [0.05, 0.1) is 30.4 Å². The lowest BCUT2D eigenvalue weighted by Crippen LogP contribution is -2.41. The molecule has 0 radical (unpaired) electrons. The van der Waals surface area contributed by atoms with Gasteiger partial charge in [0.15, 0.2) is 0 Å². The molecule has 1 aromatic carbocycles. The third-order valence-corrected chi connectivity index (χ3v) is 6.07. The molecule has 0 bridgehead atoms. The number of piperidine rings is 1. The Balaban J connectivity index is 1.25. The first kappa shape index (κ1) is 17.2. The van der Waals surface area contributed by atoms with Crippen molar-refractivity contribution in [2.75, 3.05) is 13.1 Å². The predicted octanol–water partition coefficient (Wildman–Crippen LogP) is 2.78. The lowest BCUT2D eigenvalue weighted by Gasteiger charge is -2.34. The van der Waals surface area contributed by atoms with E-state index in [9.17, 15) is 9.90 Å². The summed E-state index contributed by atoms with van der Waals surface area (Å²) in [6.45, 7) is 1.43. The number of imidazole rings is 2.